The van der Waals surface area contributed by atoms with E-state index in [1.807, 2.05) is 0 Å². The Morgan fingerprint density at radius 3 is 1.42 bits per heavy atom. The summed E-state index contributed by atoms with van der Waals surface area (Å²) in [4.78, 5) is 46.3. The van der Waals surface area contributed by atoms with Crippen molar-refractivity contribution in [1.29, 1.82) is 0 Å². The number of hydrogen-bond donors (Lipinski definition) is 6. The van der Waals surface area contributed by atoms with Gasteiger partial charge in [-0.25, -0.2) is 9.59 Å². The molecule has 26 heavy (non-hydrogen) atoms. The molecule has 0 unspecified atom stereocenters. The van der Waals surface area contributed by atoms with Gasteiger partial charge in [0.2, 0.25) is 0 Å². The topological polar surface area (TPSA) is 173 Å². The van der Waals surface area contributed by atoms with E-state index in [1.54, 1.807) is 0 Å². The summed E-state index contributed by atoms with van der Waals surface area (Å²) in [6, 6.07) is 2.04. The van der Waals surface area contributed by atoms with Gasteiger partial charge in [0.05, 0.1) is 12.2 Å². The second-order valence-corrected chi connectivity index (χ2v) is 5.64. The Labute approximate surface area is 148 Å². The Morgan fingerprint density at radius 2 is 1.15 bits per heavy atom. The van der Waals surface area contributed by atoms with Crippen molar-refractivity contribution in [2.75, 3.05) is 0 Å². The van der Waals surface area contributed by atoms with Crippen molar-refractivity contribution in [1.82, 2.24) is 10.6 Å². The molecule has 1 aromatic carbocycles. The van der Waals surface area contributed by atoms with Crippen molar-refractivity contribution in [3.63, 3.8) is 0 Å². The van der Waals surface area contributed by atoms with Gasteiger partial charge < -0.3 is 31.1 Å². The number of benzene rings is 1. The molecule has 0 saturated carbocycles. The lowest BCUT2D eigenvalue weighted by Crippen LogP contribution is -2.48. The van der Waals surface area contributed by atoms with Gasteiger partial charge in [0.25, 0.3) is 11.8 Å². The number of nitrogens with one attached hydrogen (secondary N) is 2. The first kappa shape index (κ1) is 21.1. The van der Waals surface area contributed by atoms with Crippen LogP contribution in [0.25, 0.3) is 0 Å². The molecule has 0 aromatic heterocycles. The van der Waals surface area contributed by atoms with E-state index >= 15 is 0 Å². The summed E-state index contributed by atoms with van der Waals surface area (Å²) in [7, 11) is 0. The van der Waals surface area contributed by atoms with Crippen molar-refractivity contribution in [3.05, 3.63) is 35.4 Å². The van der Waals surface area contributed by atoms with Crippen LogP contribution in [0, 0.1) is 0 Å². The summed E-state index contributed by atoms with van der Waals surface area (Å²) >= 11 is 0. The Bertz CT molecular complexity index is 646. The predicted molar refractivity (Wildman–Crippen MR) is 87.6 cm³/mol. The number of carbonyl (C=O) groups excluding carboxylic acids is 2. The molecular weight excluding hydrogens is 348 g/mol. The molecule has 0 saturated heterocycles. The van der Waals surface area contributed by atoms with Gasteiger partial charge in [-0.15, -0.1) is 0 Å². The van der Waals surface area contributed by atoms with E-state index in [0.717, 1.165) is 6.07 Å². The normalized spacial score (nSPS) is 15.2. The average Bonchev–Trinajstić information content (AvgIpc) is 2.55. The lowest BCUT2D eigenvalue weighted by Gasteiger charge is -2.18. The van der Waals surface area contributed by atoms with E-state index in [1.165, 1.54) is 32.0 Å². The zero-order valence-corrected chi connectivity index (χ0v) is 14.0. The number of aliphatic carboxylic acids is 2. The molecule has 142 valence electrons. The highest BCUT2D eigenvalue weighted by Gasteiger charge is 2.27. The molecule has 0 aliphatic heterocycles. The van der Waals surface area contributed by atoms with Gasteiger partial charge in [0.15, 0.2) is 12.1 Å². The highest BCUT2D eigenvalue weighted by atomic mass is 16.4. The van der Waals surface area contributed by atoms with Crippen LogP contribution in [0.15, 0.2) is 24.3 Å². The average molecular weight is 368 g/mol. The van der Waals surface area contributed by atoms with Gasteiger partial charge in [-0.1, -0.05) is 6.07 Å². The first-order chi connectivity index (χ1) is 12.0. The minimum Gasteiger partial charge on any atom is -0.480 e. The number of rotatable bonds is 8. The third kappa shape index (κ3) is 5.53. The van der Waals surface area contributed by atoms with E-state index in [9.17, 15) is 29.4 Å². The predicted octanol–water partition coefficient (Wildman–Crippen LogP) is -1.19. The van der Waals surface area contributed by atoms with Crippen LogP contribution in [0.2, 0.25) is 0 Å². The van der Waals surface area contributed by atoms with Crippen molar-refractivity contribution >= 4 is 23.8 Å². The van der Waals surface area contributed by atoms with Gasteiger partial charge in [-0.05, 0) is 32.0 Å². The number of aliphatic hydroxyl groups is 2. The molecule has 0 radical (unpaired) electrons. The third-order valence-corrected chi connectivity index (χ3v) is 3.46. The highest BCUT2D eigenvalue weighted by molar-refractivity contribution is 6.01. The molecule has 2 amide bonds. The van der Waals surface area contributed by atoms with Crippen LogP contribution in [0.1, 0.15) is 34.6 Å². The van der Waals surface area contributed by atoms with Crippen molar-refractivity contribution in [2.45, 2.75) is 38.1 Å². The molecule has 0 bridgehead atoms. The standard InChI is InChI=1S/C16H20N2O8/c1-7(19)11(15(23)24)17-13(21)9-4-3-5-10(6-9)14(22)18-12(8(2)20)16(25)26/h3-8,11-12,19-20H,1-2H3,(H,17,21)(H,18,22)(H,23,24)(H,25,26)/t7-,8-,11-,12+/m0/s1. The summed E-state index contributed by atoms with van der Waals surface area (Å²) < 4.78 is 0. The smallest absolute Gasteiger partial charge is 0.328 e. The Hall–Kier alpha value is -2.98. The molecule has 10 heteroatoms. The number of carboxylic acids is 2. The van der Waals surface area contributed by atoms with Gasteiger partial charge in [0.1, 0.15) is 0 Å². The first-order valence-corrected chi connectivity index (χ1v) is 7.58. The molecule has 0 aliphatic rings. The molecule has 0 fully saturated rings. The van der Waals surface area contributed by atoms with Gasteiger partial charge in [-0.2, -0.15) is 0 Å². The third-order valence-electron chi connectivity index (χ3n) is 3.46. The van der Waals surface area contributed by atoms with Crippen LogP contribution in [-0.4, -0.2) is 68.5 Å². The van der Waals surface area contributed by atoms with E-state index < -0.39 is 48.0 Å². The van der Waals surface area contributed by atoms with Gasteiger partial charge in [0, 0.05) is 11.1 Å². The lowest BCUT2D eigenvalue weighted by molar-refractivity contribution is -0.142. The Balaban J connectivity index is 2.96. The quantitative estimate of drug-likeness (QED) is 0.332. The summed E-state index contributed by atoms with van der Waals surface area (Å²) in [5, 5.41) is 40.9. The summed E-state index contributed by atoms with van der Waals surface area (Å²) in [6.45, 7) is 2.40. The minimum absolute atomic E-state index is 0.0616. The van der Waals surface area contributed by atoms with Crippen LogP contribution in [-0.2, 0) is 9.59 Å². The molecule has 0 heterocycles. The van der Waals surface area contributed by atoms with Crippen LogP contribution in [0.4, 0.5) is 0 Å². The van der Waals surface area contributed by atoms with Crippen LogP contribution in [0.3, 0.4) is 0 Å². The largest absolute Gasteiger partial charge is 0.480 e. The molecule has 1 rings (SSSR count). The highest BCUT2D eigenvalue weighted by Crippen LogP contribution is 2.08. The second kappa shape index (κ2) is 8.92. The van der Waals surface area contributed by atoms with E-state index in [0.29, 0.717) is 0 Å². The fourth-order valence-electron chi connectivity index (χ4n) is 2.03. The molecule has 10 nitrogen and oxygen atoms in total. The van der Waals surface area contributed by atoms with Crippen LogP contribution >= 0.6 is 0 Å². The van der Waals surface area contributed by atoms with E-state index in [4.69, 9.17) is 10.2 Å². The molecule has 0 aliphatic carbocycles. The second-order valence-electron chi connectivity index (χ2n) is 5.64. The molecular formula is C16H20N2O8. The number of carboxylic acid groups (broad SMARTS) is 2. The molecule has 0 spiro atoms. The number of amides is 2. The number of aliphatic hydroxyl groups excluding tert-OH is 2. The van der Waals surface area contributed by atoms with E-state index in [2.05, 4.69) is 10.6 Å². The van der Waals surface area contributed by atoms with Crippen LogP contribution < -0.4 is 10.6 Å². The van der Waals surface area contributed by atoms with Crippen molar-refractivity contribution in [3.8, 4) is 0 Å². The maximum atomic E-state index is 12.1. The Kier molecular flexibility index (Phi) is 7.23. The maximum Gasteiger partial charge on any atom is 0.328 e. The number of carbonyl (C=O) groups is 4. The van der Waals surface area contributed by atoms with Crippen molar-refractivity contribution < 1.29 is 39.6 Å². The van der Waals surface area contributed by atoms with E-state index in [-0.39, 0.29) is 11.1 Å². The zero-order chi connectivity index (χ0) is 20.0. The monoisotopic (exact) mass is 368 g/mol. The molecule has 4 atom stereocenters. The molecule has 1 aromatic rings. The van der Waals surface area contributed by atoms with Gasteiger partial charge in [-0.3, -0.25) is 9.59 Å². The SMILES string of the molecule is C[C@H](O)[C@H](NC(=O)c1cccc(C(=O)N[C@@H](C(=O)O)[C@H](C)O)c1)C(=O)O. The number of hydrogen-bond acceptors (Lipinski definition) is 6. The summed E-state index contributed by atoms with van der Waals surface area (Å²) in [5.41, 5.74) is -0.123. The zero-order valence-electron chi connectivity index (χ0n) is 14.0. The maximum absolute atomic E-state index is 12.1. The summed E-state index contributed by atoms with van der Waals surface area (Å²) in [6.07, 6.45) is -2.68. The fourth-order valence-corrected chi connectivity index (χ4v) is 2.03. The summed E-state index contributed by atoms with van der Waals surface area (Å²) in [5.74, 6) is -4.52. The Morgan fingerprint density at radius 1 is 0.808 bits per heavy atom. The molecule has 6 N–H and O–H groups in total. The minimum atomic E-state index is -1.54. The van der Waals surface area contributed by atoms with Crippen molar-refractivity contribution in [2.24, 2.45) is 0 Å². The van der Waals surface area contributed by atoms with Gasteiger partial charge >= 0.3 is 11.9 Å². The van der Waals surface area contributed by atoms with Crippen LogP contribution in [0.5, 0.6) is 0 Å². The lowest BCUT2D eigenvalue weighted by atomic mass is 10.1. The fraction of sp³-hybridized carbons (Fsp3) is 0.375. The first-order valence-electron chi connectivity index (χ1n) is 7.58.